The molecule has 1 atom stereocenters. The minimum Gasteiger partial charge on any atom is -0.489 e. The normalized spacial score (nSPS) is 12.0. The summed E-state index contributed by atoms with van der Waals surface area (Å²) in [5.41, 5.74) is 2.65. The highest BCUT2D eigenvalue weighted by atomic mass is 16.6. The summed E-state index contributed by atoms with van der Waals surface area (Å²) in [4.78, 5) is 10.2. The highest BCUT2D eigenvalue weighted by molar-refractivity contribution is 5.39. The fraction of sp³-hybridized carbons (Fsp3) is 0.250. The first-order valence-corrected chi connectivity index (χ1v) is 6.62. The summed E-state index contributed by atoms with van der Waals surface area (Å²) in [6.45, 7) is 3.93. The third kappa shape index (κ3) is 3.79. The first kappa shape index (κ1) is 15.0. The lowest BCUT2D eigenvalue weighted by molar-refractivity contribution is -0.384. The van der Waals surface area contributed by atoms with Crippen molar-refractivity contribution in [2.45, 2.75) is 26.6 Å². The van der Waals surface area contributed by atoms with Gasteiger partial charge in [-0.1, -0.05) is 12.1 Å². The lowest BCUT2D eigenvalue weighted by Gasteiger charge is -2.14. The Morgan fingerprint density at radius 1 is 1.24 bits per heavy atom. The smallest absolute Gasteiger partial charge is 0.269 e. The van der Waals surface area contributed by atoms with Crippen LogP contribution < -0.4 is 4.74 Å². The molecule has 0 radical (unpaired) electrons. The van der Waals surface area contributed by atoms with Gasteiger partial charge in [0.1, 0.15) is 12.4 Å². The van der Waals surface area contributed by atoms with Crippen molar-refractivity contribution in [2.75, 3.05) is 0 Å². The second-order valence-electron chi connectivity index (χ2n) is 4.93. The predicted octanol–water partition coefficient (Wildman–Crippen LogP) is 3.54. The standard InChI is InChI=1S/C16H17NO4/c1-11-3-8-15(12(2)18)16(9-11)21-10-13-4-6-14(7-5-13)17(19)20/h3-9,12,18H,10H2,1-2H3/t12-/m1/s1. The highest BCUT2D eigenvalue weighted by Gasteiger charge is 2.10. The van der Waals surface area contributed by atoms with Crippen LogP contribution in [-0.2, 0) is 6.61 Å². The molecule has 0 aromatic heterocycles. The quantitative estimate of drug-likeness (QED) is 0.674. The Labute approximate surface area is 123 Å². The van der Waals surface area contributed by atoms with Crippen molar-refractivity contribution in [1.82, 2.24) is 0 Å². The molecule has 0 amide bonds. The summed E-state index contributed by atoms with van der Waals surface area (Å²) in [5, 5.41) is 20.3. The SMILES string of the molecule is Cc1ccc([C@@H](C)O)c(OCc2ccc([N+](=O)[O-])cc2)c1. The molecule has 21 heavy (non-hydrogen) atoms. The minimum absolute atomic E-state index is 0.0546. The van der Waals surface area contributed by atoms with Gasteiger partial charge in [-0.25, -0.2) is 0 Å². The molecule has 0 saturated heterocycles. The molecule has 110 valence electrons. The van der Waals surface area contributed by atoms with Gasteiger partial charge in [-0.15, -0.1) is 0 Å². The Kier molecular flexibility index (Phi) is 4.55. The molecule has 0 aliphatic heterocycles. The van der Waals surface area contributed by atoms with Gasteiger partial charge in [0.2, 0.25) is 0 Å². The van der Waals surface area contributed by atoms with E-state index < -0.39 is 11.0 Å². The van der Waals surface area contributed by atoms with Crippen molar-refractivity contribution < 1.29 is 14.8 Å². The Morgan fingerprint density at radius 2 is 1.90 bits per heavy atom. The Bertz CT molecular complexity index is 635. The number of hydrogen-bond acceptors (Lipinski definition) is 4. The van der Waals surface area contributed by atoms with Gasteiger partial charge in [0.15, 0.2) is 0 Å². The number of nitro groups is 1. The number of non-ortho nitro benzene ring substituents is 1. The second-order valence-corrected chi connectivity index (χ2v) is 4.93. The molecule has 2 aromatic rings. The third-order valence-corrected chi connectivity index (χ3v) is 3.16. The minimum atomic E-state index is -0.613. The van der Waals surface area contributed by atoms with E-state index in [4.69, 9.17) is 4.74 Å². The number of aryl methyl sites for hydroxylation is 1. The monoisotopic (exact) mass is 287 g/mol. The number of ether oxygens (including phenoxy) is 1. The van der Waals surface area contributed by atoms with Gasteiger partial charge in [-0.3, -0.25) is 10.1 Å². The van der Waals surface area contributed by atoms with E-state index in [0.29, 0.717) is 12.4 Å². The number of rotatable bonds is 5. The zero-order chi connectivity index (χ0) is 15.4. The summed E-state index contributed by atoms with van der Waals surface area (Å²) >= 11 is 0. The lowest BCUT2D eigenvalue weighted by atomic mass is 10.1. The van der Waals surface area contributed by atoms with E-state index in [1.807, 2.05) is 25.1 Å². The van der Waals surface area contributed by atoms with Crippen LogP contribution in [-0.4, -0.2) is 10.0 Å². The fourth-order valence-corrected chi connectivity index (χ4v) is 1.99. The molecule has 0 saturated carbocycles. The van der Waals surface area contributed by atoms with Gasteiger partial charge >= 0.3 is 0 Å². The summed E-state index contributed by atoms with van der Waals surface area (Å²) in [5.74, 6) is 0.628. The average Bonchev–Trinajstić information content (AvgIpc) is 2.45. The van der Waals surface area contributed by atoms with Crippen LogP contribution in [0.15, 0.2) is 42.5 Å². The molecule has 0 aliphatic rings. The number of nitro benzene ring substituents is 1. The molecule has 0 heterocycles. The number of aliphatic hydroxyl groups excluding tert-OH is 1. The van der Waals surface area contributed by atoms with E-state index in [2.05, 4.69) is 0 Å². The van der Waals surface area contributed by atoms with Crippen molar-refractivity contribution >= 4 is 5.69 Å². The van der Waals surface area contributed by atoms with E-state index in [9.17, 15) is 15.2 Å². The molecular formula is C16H17NO4. The molecule has 1 N–H and O–H groups in total. The summed E-state index contributed by atoms with van der Waals surface area (Å²) in [6, 6.07) is 11.8. The lowest BCUT2D eigenvalue weighted by Crippen LogP contribution is -2.01. The molecule has 0 unspecified atom stereocenters. The van der Waals surface area contributed by atoms with Crippen molar-refractivity contribution in [1.29, 1.82) is 0 Å². The van der Waals surface area contributed by atoms with Gasteiger partial charge in [-0.05, 0) is 43.2 Å². The molecule has 2 rings (SSSR count). The first-order chi connectivity index (χ1) is 9.97. The summed E-state index contributed by atoms with van der Waals surface area (Å²) in [6.07, 6.45) is -0.613. The zero-order valence-corrected chi connectivity index (χ0v) is 11.9. The molecule has 5 nitrogen and oxygen atoms in total. The zero-order valence-electron chi connectivity index (χ0n) is 11.9. The van der Waals surface area contributed by atoms with Crippen LogP contribution in [0.5, 0.6) is 5.75 Å². The third-order valence-electron chi connectivity index (χ3n) is 3.16. The van der Waals surface area contributed by atoms with E-state index in [1.165, 1.54) is 12.1 Å². The molecule has 0 fully saturated rings. The van der Waals surface area contributed by atoms with Gasteiger partial charge in [0.05, 0.1) is 11.0 Å². The van der Waals surface area contributed by atoms with Crippen molar-refractivity contribution in [3.63, 3.8) is 0 Å². The topological polar surface area (TPSA) is 72.6 Å². The van der Waals surface area contributed by atoms with Gasteiger partial charge in [0, 0.05) is 17.7 Å². The van der Waals surface area contributed by atoms with Crippen LogP contribution in [0.1, 0.15) is 29.7 Å². The van der Waals surface area contributed by atoms with E-state index in [-0.39, 0.29) is 5.69 Å². The molecule has 2 aromatic carbocycles. The van der Waals surface area contributed by atoms with Gasteiger partial charge < -0.3 is 9.84 Å². The largest absolute Gasteiger partial charge is 0.489 e. The predicted molar refractivity (Wildman–Crippen MR) is 79.2 cm³/mol. The second kappa shape index (κ2) is 6.37. The Hall–Kier alpha value is -2.40. The number of hydrogen-bond donors (Lipinski definition) is 1. The number of aliphatic hydroxyl groups is 1. The molecular weight excluding hydrogens is 270 g/mol. The van der Waals surface area contributed by atoms with Crippen LogP contribution in [0, 0.1) is 17.0 Å². The molecule has 0 spiro atoms. The van der Waals surface area contributed by atoms with Crippen LogP contribution in [0.2, 0.25) is 0 Å². The Morgan fingerprint density at radius 3 is 2.48 bits per heavy atom. The van der Waals surface area contributed by atoms with Crippen molar-refractivity contribution in [2.24, 2.45) is 0 Å². The fourth-order valence-electron chi connectivity index (χ4n) is 1.99. The maximum absolute atomic E-state index is 10.6. The maximum Gasteiger partial charge on any atom is 0.269 e. The summed E-state index contributed by atoms with van der Waals surface area (Å²) < 4.78 is 5.74. The molecule has 0 aliphatic carbocycles. The number of benzene rings is 2. The average molecular weight is 287 g/mol. The first-order valence-electron chi connectivity index (χ1n) is 6.62. The van der Waals surface area contributed by atoms with Crippen LogP contribution in [0.3, 0.4) is 0 Å². The van der Waals surface area contributed by atoms with Crippen LogP contribution in [0.25, 0.3) is 0 Å². The molecule has 0 bridgehead atoms. The van der Waals surface area contributed by atoms with Crippen LogP contribution >= 0.6 is 0 Å². The van der Waals surface area contributed by atoms with Crippen molar-refractivity contribution in [3.8, 4) is 5.75 Å². The van der Waals surface area contributed by atoms with Crippen molar-refractivity contribution in [3.05, 3.63) is 69.3 Å². The van der Waals surface area contributed by atoms with Gasteiger partial charge in [-0.2, -0.15) is 0 Å². The van der Waals surface area contributed by atoms with E-state index >= 15 is 0 Å². The van der Waals surface area contributed by atoms with E-state index in [0.717, 1.165) is 16.7 Å². The summed E-state index contributed by atoms with van der Waals surface area (Å²) in [7, 11) is 0. The van der Waals surface area contributed by atoms with Crippen LogP contribution in [0.4, 0.5) is 5.69 Å². The molecule has 5 heteroatoms. The Balaban J connectivity index is 2.12. The highest BCUT2D eigenvalue weighted by Crippen LogP contribution is 2.27. The maximum atomic E-state index is 10.6. The van der Waals surface area contributed by atoms with E-state index in [1.54, 1.807) is 19.1 Å². The number of nitrogens with zero attached hydrogens (tertiary/aromatic N) is 1. The van der Waals surface area contributed by atoms with Gasteiger partial charge in [0.25, 0.3) is 5.69 Å².